The zero-order valence-corrected chi connectivity index (χ0v) is 18.7. The van der Waals surface area contributed by atoms with Crippen LogP contribution in [0, 0.1) is 0 Å². The van der Waals surface area contributed by atoms with Gasteiger partial charge in [0, 0.05) is 13.8 Å². The number of halogens is 2. The van der Waals surface area contributed by atoms with E-state index in [1.807, 2.05) is 42.5 Å². The third-order valence-corrected chi connectivity index (χ3v) is 6.41. The normalized spacial score (nSPS) is 11.2. The first kappa shape index (κ1) is 20.1. The fourth-order valence-electron chi connectivity index (χ4n) is 2.44. The van der Waals surface area contributed by atoms with Crippen molar-refractivity contribution in [1.82, 2.24) is 0 Å². The second-order valence-corrected chi connectivity index (χ2v) is 8.79. The van der Waals surface area contributed by atoms with Crippen molar-refractivity contribution in [2.24, 2.45) is 0 Å². The summed E-state index contributed by atoms with van der Waals surface area (Å²) in [4.78, 5) is 14.3. The van der Waals surface area contributed by atoms with E-state index in [0.717, 1.165) is 32.4 Å². The Balaban J connectivity index is 1.59. The van der Waals surface area contributed by atoms with Crippen molar-refractivity contribution in [2.75, 3.05) is 0 Å². The summed E-state index contributed by atoms with van der Waals surface area (Å²) in [6, 6.07) is 13.2. The molecule has 6 heteroatoms. The molecule has 1 aromatic carbocycles. The SMILES string of the molecule is CCCc1sc(C(=O)/C=C/c2ccc(COc3cccc(Br)c3)o2)cc1Br. The number of hydrogen-bond donors (Lipinski definition) is 0. The van der Waals surface area contributed by atoms with Crippen LogP contribution in [-0.4, -0.2) is 5.78 Å². The maximum absolute atomic E-state index is 12.4. The molecule has 0 atom stereocenters. The molecule has 2 heterocycles. The van der Waals surface area contributed by atoms with Gasteiger partial charge in [0.15, 0.2) is 5.78 Å². The summed E-state index contributed by atoms with van der Waals surface area (Å²) in [7, 11) is 0. The number of carbonyl (C=O) groups is 1. The monoisotopic (exact) mass is 508 g/mol. The van der Waals surface area contributed by atoms with Crippen LogP contribution in [0.3, 0.4) is 0 Å². The van der Waals surface area contributed by atoms with E-state index in [2.05, 4.69) is 38.8 Å². The average Bonchev–Trinajstić information content (AvgIpc) is 3.25. The van der Waals surface area contributed by atoms with Gasteiger partial charge in [-0.05, 0) is 70.9 Å². The number of benzene rings is 1. The maximum atomic E-state index is 12.4. The zero-order valence-electron chi connectivity index (χ0n) is 14.7. The minimum atomic E-state index is -0.0219. The van der Waals surface area contributed by atoms with Crippen molar-refractivity contribution in [3.8, 4) is 5.75 Å². The number of allylic oxidation sites excluding steroid dienone is 1. The number of carbonyl (C=O) groups excluding carboxylic acids is 1. The number of rotatable bonds is 8. The van der Waals surface area contributed by atoms with Crippen molar-refractivity contribution in [3.63, 3.8) is 0 Å². The molecule has 0 saturated heterocycles. The molecule has 140 valence electrons. The van der Waals surface area contributed by atoms with Crippen LogP contribution in [0.5, 0.6) is 5.75 Å². The molecule has 0 unspecified atom stereocenters. The predicted octanol–water partition coefficient (Wildman–Crippen LogP) is 7.29. The molecular formula is C21H18Br2O3S. The van der Waals surface area contributed by atoms with Crippen LogP contribution in [0.1, 0.15) is 39.4 Å². The van der Waals surface area contributed by atoms with Gasteiger partial charge in [0.2, 0.25) is 0 Å². The highest BCUT2D eigenvalue weighted by Gasteiger charge is 2.11. The van der Waals surface area contributed by atoms with Crippen molar-refractivity contribution in [2.45, 2.75) is 26.4 Å². The van der Waals surface area contributed by atoms with Crippen LogP contribution < -0.4 is 4.74 Å². The second kappa shape index (κ2) is 9.53. The highest BCUT2D eigenvalue weighted by Crippen LogP contribution is 2.29. The molecule has 0 aliphatic heterocycles. The van der Waals surface area contributed by atoms with Gasteiger partial charge in [0.25, 0.3) is 0 Å². The quantitative estimate of drug-likeness (QED) is 0.236. The predicted molar refractivity (Wildman–Crippen MR) is 117 cm³/mol. The number of furan rings is 1. The van der Waals surface area contributed by atoms with Crippen LogP contribution in [0.2, 0.25) is 0 Å². The molecule has 0 saturated carbocycles. The van der Waals surface area contributed by atoms with Gasteiger partial charge >= 0.3 is 0 Å². The smallest absolute Gasteiger partial charge is 0.195 e. The number of thiophene rings is 1. The minimum absolute atomic E-state index is 0.0219. The van der Waals surface area contributed by atoms with Crippen LogP contribution >= 0.6 is 43.2 Å². The van der Waals surface area contributed by atoms with E-state index in [1.165, 1.54) is 16.2 Å². The highest BCUT2D eigenvalue weighted by molar-refractivity contribution is 9.10. The Kier molecular flexibility index (Phi) is 7.10. The van der Waals surface area contributed by atoms with Gasteiger partial charge in [-0.2, -0.15) is 0 Å². The van der Waals surface area contributed by atoms with Crippen molar-refractivity contribution >= 4 is 55.1 Å². The van der Waals surface area contributed by atoms with Crippen LogP contribution in [0.4, 0.5) is 0 Å². The summed E-state index contributed by atoms with van der Waals surface area (Å²) in [5.41, 5.74) is 0. The standard InChI is InChI=1S/C21H18Br2O3S/c1-2-4-20-18(23)12-21(27-20)19(24)10-9-15-7-8-17(26-15)13-25-16-6-3-5-14(22)11-16/h3,5-12H,2,4,13H2,1H3/b10-9+. The Morgan fingerprint density at radius 2 is 2.07 bits per heavy atom. The molecule has 0 bridgehead atoms. The first-order chi connectivity index (χ1) is 13.0. The summed E-state index contributed by atoms with van der Waals surface area (Å²) in [6.45, 7) is 2.46. The first-order valence-corrected chi connectivity index (χ1v) is 10.9. The lowest BCUT2D eigenvalue weighted by Gasteiger charge is -2.03. The molecule has 0 aliphatic rings. The van der Waals surface area contributed by atoms with E-state index >= 15 is 0 Å². The van der Waals surface area contributed by atoms with Crippen LogP contribution in [0.15, 0.2) is 61.9 Å². The van der Waals surface area contributed by atoms with Crippen LogP contribution in [0.25, 0.3) is 6.08 Å². The Morgan fingerprint density at radius 1 is 1.22 bits per heavy atom. The molecule has 0 amide bonds. The van der Waals surface area contributed by atoms with Gasteiger partial charge in [-0.25, -0.2) is 0 Å². The Morgan fingerprint density at radius 3 is 2.85 bits per heavy atom. The highest BCUT2D eigenvalue weighted by atomic mass is 79.9. The molecule has 2 aromatic heterocycles. The van der Waals surface area contributed by atoms with E-state index in [4.69, 9.17) is 9.15 Å². The minimum Gasteiger partial charge on any atom is -0.486 e. The largest absolute Gasteiger partial charge is 0.486 e. The van der Waals surface area contributed by atoms with E-state index in [1.54, 1.807) is 12.2 Å². The average molecular weight is 510 g/mol. The molecule has 3 nitrogen and oxygen atoms in total. The second-order valence-electron chi connectivity index (χ2n) is 5.88. The summed E-state index contributed by atoms with van der Waals surface area (Å²) < 4.78 is 13.4. The Labute approximate surface area is 179 Å². The van der Waals surface area contributed by atoms with Gasteiger partial charge < -0.3 is 9.15 Å². The van der Waals surface area contributed by atoms with Gasteiger partial charge in [0.1, 0.15) is 23.9 Å². The Hall–Kier alpha value is -1.63. The summed E-state index contributed by atoms with van der Waals surface area (Å²) in [5.74, 6) is 2.07. The fraction of sp³-hybridized carbons (Fsp3) is 0.190. The summed E-state index contributed by atoms with van der Waals surface area (Å²) >= 11 is 8.48. The maximum Gasteiger partial charge on any atom is 0.195 e. The van der Waals surface area contributed by atoms with E-state index in [-0.39, 0.29) is 5.78 Å². The lowest BCUT2D eigenvalue weighted by molar-refractivity contribution is 0.105. The van der Waals surface area contributed by atoms with Gasteiger partial charge in [-0.15, -0.1) is 11.3 Å². The molecule has 0 fully saturated rings. The van der Waals surface area contributed by atoms with E-state index in [9.17, 15) is 4.79 Å². The van der Waals surface area contributed by atoms with Gasteiger partial charge in [0.05, 0.1) is 4.88 Å². The molecule has 0 aliphatic carbocycles. The topological polar surface area (TPSA) is 39.4 Å². The fourth-order valence-corrected chi connectivity index (χ4v) is 4.71. The van der Waals surface area contributed by atoms with Gasteiger partial charge in [-0.1, -0.05) is 35.3 Å². The number of aryl methyl sites for hydroxylation is 1. The number of hydrogen-bond acceptors (Lipinski definition) is 4. The molecule has 0 radical (unpaired) electrons. The number of ether oxygens (including phenoxy) is 1. The van der Waals surface area contributed by atoms with E-state index < -0.39 is 0 Å². The molecule has 3 rings (SSSR count). The molecule has 0 N–H and O–H groups in total. The van der Waals surface area contributed by atoms with Gasteiger partial charge in [-0.3, -0.25) is 4.79 Å². The third-order valence-electron chi connectivity index (χ3n) is 3.74. The lowest BCUT2D eigenvalue weighted by atomic mass is 10.2. The van der Waals surface area contributed by atoms with Crippen molar-refractivity contribution < 1.29 is 13.9 Å². The molecule has 3 aromatic rings. The third kappa shape index (κ3) is 5.67. The first-order valence-electron chi connectivity index (χ1n) is 8.53. The summed E-state index contributed by atoms with van der Waals surface area (Å²) in [5, 5.41) is 0. The number of ketones is 1. The molecule has 27 heavy (non-hydrogen) atoms. The Bertz CT molecular complexity index is 956. The van der Waals surface area contributed by atoms with Crippen LogP contribution in [-0.2, 0) is 13.0 Å². The van der Waals surface area contributed by atoms with Crippen molar-refractivity contribution in [3.05, 3.63) is 78.8 Å². The zero-order chi connectivity index (χ0) is 19.2. The van der Waals surface area contributed by atoms with Crippen molar-refractivity contribution in [1.29, 1.82) is 0 Å². The lowest BCUT2D eigenvalue weighted by Crippen LogP contribution is -1.93. The summed E-state index contributed by atoms with van der Waals surface area (Å²) in [6.07, 6.45) is 5.27. The molecule has 0 spiro atoms. The molecular weight excluding hydrogens is 492 g/mol. The van der Waals surface area contributed by atoms with E-state index in [0.29, 0.717) is 18.1 Å².